The molecule has 0 aliphatic heterocycles. The smallest absolute Gasteiger partial charge is 0.253 e. The van der Waals surface area contributed by atoms with Crippen LogP contribution in [0.4, 0.5) is 0 Å². The molecule has 0 spiro atoms. The number of hydrogen-bond donors (Lipinski definition) is 3. The van der Waals surface area contributed by atoms with E-state index in [4.69, 9.17) is 0 Å². The van der Waals surface area contributed by atoms with Crippen molar-refractivity contribution in [1.29, 1.82) is 0 Å². The molecule has 0 aromatic heterocycles. The van der Waals surface area contributed by atoms with Crippen LogP contribution in [-0.2, 0) is 17.6 Å². The number of amides is 4. The molecule has 0 saturated heterocycles. The minimum atomic E-state index is -1.07. The second-order valence-electron chi connectivity index (χ2n) is 12.6. The van der Waals surface area contributed by atoms with E-state index in [0.717, 1.165) is 36.8 Å². The van der Waals surface area contributed by atoms with Crippen LogP contribution in [0.2, 0.25) is 0 Å². The maximum absolute atomic E-state index is 14.0. The number of rotatable bonds is 19. The van der Waals surface area contributed by atoms with Crippen LogP contribution in [0.3, 0.4) is 0 Å². The summed E-state index contributed by atoms with van der Waals surface area (Å²) >= 11 is 0. The first-order valence-electron chi connectivity index (χ1n) is 17.3. The first-order valence-corrected chi connectivity index (χ1v) is 17.3. The number of nitrogens with one attached hydrogen (secondary N) is 2. The number of hydrazine groups is 1. The van der Waals surface area contributed by atoms with Gasteiger partial charge in [0.1, 0.15) is 0 Å². The van der Waals surface area contributed by atoms with E-state index in [-0.39, 0.29) is 47.4 Å². The van der Waals surface area contributed by atoms with Crippen molar-refractivity contribution in [3.05, 3.63) is 107 Å². The highest BCUT2D eigenvalue weighted by molar-refractivity contribution is 6.04. The van der Waals surface area contributed by atoms with Crippen LogP contribution in [0.25, 0.3) is 0 Å². The van der Waals surface area contributed by atoms with E-state index in [0.29, 0.717) is 26.1 Å². The van der Waals surface area contributed by atoms with Crippen LogP contribution in [0.15, 0.2) is 78.9 Å². The molecule has 4 amide bonds. The second kappa shape index (κ2) is 20.1. The normalized spacial score (nSPS) is 12.2. The molecular formula is C39H53N5O5. The SMILES string of the molecule is CCCCN(CC(O)C(Cc1ccccc1)NC(=O)c1cc(C(=O)N(C)C)cc(C(=O)N(CCC)CCC)c1)NC(=O)Cc1ccccc1. The van der Waals surface area contributed by atoms with Gasteiger partial charge in [-0.2, -0.15) is 0 Å². The van der Waals surface area contributed by atoms with Crippen LogP contribution >= 0.6 is 0 Å². The Labute approximate surface area is 291 Å². The Kier molecular flexibility index (Phi) is 15.9. The third-order valence-corrected chi connectivity index (χ3v) is 8.13. The zero-order valence-electron chi connectivity index (χ0n) is 29.7. The molecule has 3 aromatic carbocycles. The summed E-state index contributed by atoms with van der Waals surface area (Å²) in [7, 11) is 3.23. The van der Waals surface area contributed by atoms with Crippen LogP contribution in [0.1, 0.15) is 88.7 Å². The molecule has 3 aromatic rings. The molecule has 10 nitrogen and oxygen atoms in total. The van der Waals surface area contributed by atoms with Gasteiger partial charge in [0.15, 0.2) is 0 Å². The van der Waals surface area contributed by atoms with Crippen LogP contribution in [-0.4, -0.2) is 96.0 Å². The fourth-order valence-corrected chi connectivity index (χ4v) is 5.60. The van der Waals surface area contributed by atoms with E-state index in [2.05, 4.69) is 17.7 Å². The highest BCUT2D eigenvalue weighted by Crippen LogP contribution is 2.17. The van der Waals surface area contributed by atoms with Crippen LogP contribution < -0.4 is 10.7 Å². The monoisotopic (exact) mass is 671 g/mol. The van der Waals surface area contributed by atoms with E-state index in [9.17, 15) is 24.3 Å². The van der Waals surface area contributed by atoms with Crippen LogP contribution in [0, 0.1) is 0 Å². The summed E-state index contributed by atoms with van der Waals surface area (Å²) in [4.78, 5) is 56.8. The number of carbonyl (C=O) groups is 4. The Morgan fingerprint density at radius 3 is 1.82 bits per heavy atom. The average molecular weight is 672 g/mol. The topological polar surface area (TPSA) is 122 Å². The Morgan fingerprint density at radius 1 is 0.714 bits per heavy atom. The van der Waals surface area contributed by atoms with E-state index in [1.54, 1.807) is 30.1 Å². The summed E-state index contributed by atoms with van der Waals surface area (Å²) in [6, 6.07) is 22.8. The molecule has 0 aliphatic carbocycles. The second-order valence-corrected chi connectivity index (χ2v) is 12.6. The fourth-order valence-electron chi connectivity index (χ4n) is 5.60. The first kappa shape index (κ1) is 38.9. The first-order chi connectivity index (χ1) is 23.6. The van der Waals surface area contributed by atoms with E-state index < -0.39 is 18.1 Å². The number of aliphatic hydroxyl groups is 1. The maximum atomic E-state index is 14.0. The van der Waals surface area contributed by atoms with Crippen molar-refractivity contribution in [1.82, 2.24) is 25.6 Å². The number of hydrogen-bond acceptors (Lipinski definition) is 6. The summed E-state index contributed by atoms with van der Waals surface area (Å²) in [5.74, 6) is -1.30. The lowest BCUT2D eigenvalue weighted by Crippen LogP contribution is -2.53. The third-order valence-electron chi connectivity index (χ3n) is 8.13. The summed E-state index contributed by atoms with van der Waals surface area (Å²) in [6.07, 6.45) is 2.67. The van der Waals surface area contributed by atoms with Gasteiger partial charge in [-0.05, 0) is 55.0 Å². The molecule has 10 heteroatoms. The zero-order valence-corrected chi connectivity index (χ0v) is 29.7. The summed E-state index contributed by atoms with van der Waals surface area (Å²) in [5.41, 5.74) is 5.36. The van der Waals surface area contributed by atoms with Gasteiger partial charge in [-0.3, -0.25) is 24.6 Å². The highest BCUT2D eigenvalue weighted by atomic mass is 16.3. The molecule has 0 bridgehead atoms. The Morgan fingerprint density at radius 2 is 1.27 bits per heavy atom. The lowest BCUT2D eigenvalue weighted by Gasteiger charge is -2.30. The average Bonchev–Trinajstić information content (AvgIpc) is 3.10. The summed E-state index contributed by atoms with van der Waals surface area (Å²) in [5, 5.41) is 16.4. The third kappa shape index (κ3) is 12.5. The largest absolute Gasteiger partial charge is 0.390 e. The summed E-state index contributed by atoms with van der Waals surface area (Å²) in [6.45, 7) is 7.75. The standard InChI is InChI=1S/C39H53N5O5/c1-6-9-22-44(41-36(46)24-30-18-14-11-15-19-30)28-35(45)34(23-29-16-12-10-13-17-29)40-37(47)31-25-32(38(48)42(4)5)27-33(26-31)39(49)43(20-7-2)21-8-3/h10-19,25-27,34-35,45H,6-9,20-24,28H2,1-5H3,(H,40,47)(H,41,46). The molecule has 49 heavy (non-hydrogen) atoms. The zero-order chi connectivity index (χ0) is 35.8. The molecule has 264 valence electrons. The molecule has 0 aliphatic rings. The van der Waals surface area contributed by atoms with E-state index in [1.165, 1.54) is 17.0 Å². The molecule has 2 atom stereocenters. The van der Waals surface area contributed by atoms with E-state index >= 15 is 0 Å². The number of unbranched alkanes of at least 4 members (excludes halogenated alkanes) is 1. The predicted octanol–water partition coefficient (Wildman–Crippen LogP) is 4.73. The predicted molar refractivity (Wildman–Crippen MR) is 193 cm³/mol. The van der Waals surface area contributed by atoms with Gasteiger partial charge < -0.3 is 20.2 Å². The van der Waals surface area contributed by atoms with Gasteiger partial charge in [-0.15, -0.1) is 0 Å². The Hall–Kier alpha value is -4.54. The number of carbonyl (C=O) groups excluding carboxylic acids is 4. The molecule has 3 rings (SSSR count). The van der Waals surface area contributed by atoms with Gasteiger partial charge in [-0.1, -0.05) is 87.9 Å². The van der Waals surface area contributed by atoms with Crippen LogP contribution in [0.5, 0.6) is 0 Å². The lowest BCUT2D eigenvalue weighted by molar-refractivity contribution is -0.126. The molecule has 0 radical (unpaired) electrons. The highest BCUT2D eigenvalue weighted by Gasteiger charge is 2.27. The Balaban J connectivity index is 1.91. The van der Waals surface area contributed by atoms with Crippen molar-refractivity contribution < 1.29 is 24.3 Å². The molecule has 0 fully saturated rings. The molecule has 0 saturated carbocycles. The van der Waals surface area contributed by atoms with Crippen molar-refractivity contribution in [3.8, 4) is 0 Å². The van der Waals surface area contributed by atoms with Crippen molar-refractivity contribution in [2.45, 2.75) is 71.4 Å². The van der Waals surface area contributed by atoms with Gasteiger partial charge in [-0.25, -0.2) is 5.01 Å². The maximum Gasteiger partial charge on any atom is 0.253 e. The minimum absolute atomic E-state index is 0.0736. The number of nitrogens with zero attached hydrogens (tertiary/aromatic N) is 3. The van der Waals surface area contributed by atoms with Crippen molar-refractivity contribution in [2.75, 3.05) is 40.3 Å². The molecule has 0 heterocycles. The quantitative estimate of drug-likeness (QED) is 0.159. The molecule has 2 unspecified atom stereocenters. The van der Waals surface area contributed by atoms with Crippen molar-refractivity contribution in [3.63, 3.8) is 0 Å². The van der Waals surface area contributed by atoms with Gasteiger partial charge in [0.2, 0.25) is 5.91 Å². The van der Waals surface area contributed by atoms with Crippen molar-refractivity contribution >= 4 is 23.6 Å². The van der Waals surface area contributed by atoms with Gasteiger partial charge >= 0.3 is 0 Å². The lowest BCUT2D eigenvalue weighted by atomic mass is 9.99. The van der Waals surface area contributed by atoms with Gasteiger partial charge in [0.05, 0.1) is 18.6 Å². The van der Waals surface area contributed by atoms with Gasteiger partial charge in [0.25, 0.3) is 17.7 Å². The van der Waals surface area contributed by atoms with Crippen molar-refractivity contribution in [2.24, 2.45) is 0 Å². The Bertz CT molecular complexity index is 1490. The van der Waals surface area contributed by atoms with E-state index in [1.807, 2.05) is 74.5 Å². The fraction of sp³-hybridized carbons (Fsp3) is 0.436. The molecule has 3 N–H and O–H groups in total. The number of benzene rings is 3. The minimum Gasteiger partial charge on any atom is -0.390 e. The molecular weight excluding hydrogens is 618 g/mol. The van der Waals surface area contributed by atoms with Gasteiger partial charge in [0, 0.05) is 57.0 Å². The number of aliphatic hydroxyl groups excluding tert-OH is 1. The summed E-state index contributed by atoms with van der Waals surface area (Å²) < 4.78 is 0.